The van der Waals surface area contributed by atoms with Crippen molar-refractivity contribution >= 4 is 11.4 Å². The van der Waals surface area contributed by atoms with E-state index in [9.17, 15) is 0 Å². The van der Waals surface area contributed by atoms with Gasteiger partial charge in [0.2, 0.25) is 0 Å². The minimum atomic E-state index is 0.113. The molecule has 3 heteroatoms. The average Bonchev–Trinajstić information content (AvgIpc) is 2.28. The molecule has 0 atom stereocenters. The normalized spacial score (nSPS) is 17.0. The van der Waals surface area contributed by atoms with Gasteiger partial charge in [0.15, 0.2) is 0 Å². The molecule has 0 aliphatic carbocycles. The second-order valence-corrected chi connectivity index (χ2v) is 5.66. The van der Waals surface area contributed by atoms with Crippen molar-refractivity contribution in [1.82, 2.24) is 5.32 Å². The standard InChI is InChI=1S/C14H23N3/c1-14(2,3)16-12-5-4-6-13(11-12)17-9-7-15-8-10-17/h4-6,11,15-16H,7-10H2,1-3H3. The molecule has 0 radical (unpaired) electrons. The van der Waals surface area contributed by atoms with Crippen molar-refractivity contribution < 1.29 is 0 Å². The molecule has 1 saturated heterocycles. The molecule has 1 heterocycles. The van der Waals surface area contributed by atoms with Gasteiger partial charge < -0.3 is 15.5 Å². The molecule has 2 rings (SSSR count). The minimum Gasteiger partial charge on any atom is -0.380 e. The highest BCUT2D eigenvalue weighted by Gasteiger charge is 2.12. The lowest BCUT2D eigenvalue weighted by Crippen LogP contribution is -2.43. The Morgan fingerprint density at radius 2 is 1.88 bits per heavy atom. The smallest absolute Gasteiger partial charge is 0.0387 e. The highest BCUT2D eigenvalue weighted by molar-refractivity contribution is 5.59. The first-order chi connectivity index (χ1) is 8.04. The molecule has 2 N–H and O–H groups in total. The SMILES string of the molecule is CC(C)(C)Nc1cccc(N2CCNCC2)c1. The Kier molecular flexibility index (Phi) is 3.57. The molecular formula is C14H23N3. The second kappa shape index (κ2) is 4.96. The molecule has 1 aromatic rings. The zero-order valence-electron chi connectivity index (χ0n) is 11.1. The number of piperazine rings is 1. The van der Waals surface area contributed by atoms with Crippen molar-refractivity contribution in [2.45, 2.75) is 26.3 Å². The molecule has 94 valence electrons. The lowest BCUT2D eigenvalue weighted by Gasteiger charge is -2.30. The zero-order chi connectivity index (χ0) is 12.3. The summed E-state index contributed by atoms with van der Waals surface area (Å²) in [5.74, 6) is 0. The molecule has 3 nitrogen and oxygen atoms in total. The van der Waals surface area contributed by atoms with E-state index in [1.54, 1.807) is 0 Å². The summed E-state index contributed by atoms with van der Waals surface area (Å²) in [4.78, 5) is 2.43. The van der Waals surface area contributed by atoms with Gasteiger partial charge in [-0.2, -0.15) is 0 Å². The monoisotopic (exact) mass is 233 g/mol. The van der Waals surface area contributed by atoms with Gasteiger partial charge in [-0.1, -0.05) is 6.07 Å². The topological polar surface area (TPSA) is 27.3 Å². The predicted molar refractivity (Wildman–Crippen MR) is 74.9 cm³/mol. The molecule has 0 saturated carbocycles. The van der Waals surface area contributed by atoms with Crippen LogP contribution in [0.15, 0.2) is 24.3 Å². The molecular weight excluding hydrogens is 210 g/mol. The van der Waals surface area contributed by atoms with Crippen molar-refractivity contribution in [3.63, 3.8) is 0 Å². The first-order valence-corrected chi connectivity index (χ1v) is 6.38. The summed E-state index contributed by atoms with van der Waals surface area (Å²) < 4.78 is 0. The van der Waals surface area contributed by atoms with Gasteiger partial charge in [-0.15, -0.1) is 0 Å². The summed E-state index contributed by atoms with van der Waals surface area (Å²) in [6, 6.07) is 8.71. The summed E-state index contributed by atoms with van der Waals surface area (Å²) in [5, 5.41) is 6.90. The Bertz CT molecular complexity index is 362. The number of hydrogen-bond donors (Lipinski definition) is 2. The van der Waals surface area contributed by atoms with E-state index in [-0.39, 0.29) is 5.54 Å². The Morgan fingerprint density at radius 1 is 1.18 bits per heavy atom. The van der Waals surface area contributed by atoms with Crippen LogP contribution in [0.25, 0.3) is 0 Å². The lowest BCUT2D eigenvalue weighted by atomic mass is 10.1. The molecule has 0 aromatic heterocycles. The van der Waals surface area contributed by atoms with E-state index in [1.165, 1.54) is 11.4 Å². The van der Waals surface area contributed by atoms with E-state index >= 15 is 0 Å². The van der Waals surface area contributed by atoms with Crippen LogP contribution in [0.3, 0.4) is 0 Å². The van der Waals surface area contributed by atoms with Gasteiger partial charge in [0, 0.05) is 43.1 Å². The van der Waals surface area contributed by atoms with Crippen molar-refractivity contribution in [3.8, 4) is 0 Å². The highest BCUT2D eigenvalue weighted by atomic mass is 15.2. The Balaban J connectivity index is 2.10. The van der Waals surface area contributed by atoms with E-state index in [2.05, 4.69) is 60.6 Å². The van der Waals surface area contributed by atoms with Gasteiger partial charge in [0.05, 0.1) is 0 Å². The van der Waals surface area contributed by atoms with Crippen molar-refractivity contribution in [2.24, 2.45) is 0 Å². The third-order valence-corrected chi connectivity index (χ3v) is 2.85. The number of hydrogen-bond acceptors (Lipinski definition) is 3. The highest BCUT2D eigenvalue weighted by Crippen LogP contribution is 2.22. The van der Waals surface area contributed by atoms with Gasteiger partial charge in [0.25, 0.3) is 0 Å². The molecule has 1 fully saturated rings. The minimum absolute atomic E-state index is 0.113. The maximum Gasteiger partial charge on any atom is 0.0387 e. The number of anilines is 2. The molecule has 0 spiro atoms. The van der Waals surface area contributed by atoms with Crippen LogP contribution in [-0.2, 0) is 0 Å². The quantitative estimate of drug-likeness (QED) is 0.821. The van der Waals surface area contributed by atoms with Crippen molar-refractivity contribution in [1.29, 1.82) is 0 Å². The van der Waals surface area contributed by atoms with E-state index in [1.807, 2.05) is 0 Å². The summed E-state index contributed by atoms with van der Waals surface area (Å²) in [5.41, 5.74) is 2.64. The third-order valence-electron chi connectivity index (χ3n) is 2.85. The van der Waals surface area contributed by atoms with Gasteiger partial charge in [0.1, 0.15) is 0 Å². The number of nitrogens with one attached hydrogen (secondary N) is 2. The lowest BCUT2D eigenvalue weighted by molar-refractivity contribution is 0.589. The van der Waals surface area contributed by atoms with Crippen LogP contribution in [0.2, 0.25) is 0 Å². The van der Waals surface area contributed by atoms with Crippen LogP contribution in [0.4, 0.5) is 11.4 Å². The van der Waals surface area contributed by atoms with Crippen molar-refractivity contribution in [2.75, 3.05) is 36.4 Å². The fraction of sp³-hybridized carbons (Fsp3) is 0.571. The van der Waals surface area contributed by atoms with Crippen LogP contribution in [0, 0.1) is 0 Å². The molecule has 0 bridgehead atoms. The van der Waals surface area contributed by atoms with Gasteiger partial charge in [-0.25, -0.2) is 0 Å². The Morgan fingerprint density at radius 3 is 2.53 bits per heavy atom. The number of nitrogens with zero attached hydrogens (tertiary/aromatic N) is 1. The first-order valence-electron chi connectivity index (χ1n) is 6.38. The molecule has 1 aliphatic rings. The number of rotatable bonds is 2. The zero-order valence-corrected chi connectivity index (χ0v) is 11.1. The Hall–Kier alpha value is -1.22. The first kappa shape index (κ1) is 12.2. The van der Waals surface area contributed by atoms with Crippen LogP contribution < -0.4 is 15.5 Å². The predicted octanol–water partition coefficient (Wildman–Crippen LogP) is 2.31. The van der Waals surface area contributed by atoms with E-state index in [0.717, 1.165) is 26.2 Å². The number of benzene rings is 1. The van der Waals surface area contributed by atoms with Crippen molar-refractivity contribution in [3.05, 3.63) is 24.3 Å². The van der Waals surface area contributed by atoms with E-state index < -0.39 is 0 Å². The third kappa shape index (κ3) is 3.63. The maximum atomic E-state index is 3.52. The Labute approximate surface area is 104 Å². The van der Waals surface area contributed by atoms with Crippen LogP contribution in [0.1, 0.15) is 20.8 Å². The average molecular weight is 233 g/mol. The summed E-state index contributed by atoms with van der Waals surface area (Å²) in [6.45, 7) is 10.9. The summed E-state index contributed by atoms with van der Waals surface area (Å²) >= 11 is 0. The molecule has 1 aliphatic heterocycles. The van der Waals surface area contributed by atoms with Gasteiger partial charge >= 0.3 is 0 Å². The van der Waals surface area contributed by atoms with E-state index in [4.69, 9.17) is 0 Å². The fourth-order valence-electron chi connectivity index (χ4n) is 2.14. The molecule has 1 aromatic carbocycles. The van der Waals surface area contributed by atoms with Crippen LogP contribution >= 0.6 is 0 Å². The van der Waals surface area contributed by atoms with Crippen LogP contribution in [-0.4, -0.2) is 31.7 Å². The molecule has 17 heavy (non-hydrogen) atoms. The van der Waals surface area contributed by atoms with Crippen LogP contribution in [0.5, 0.6) is 0 Å². The maximum absolute atomic E-state index is 3.52. The second-order valence-electron chi connectivity index (χ2n) is 5.66. The largest absolute Gasteiger partial charge is 0.380 e. The molecule has 0 unspecified atom stereocenters. The van der Waals surface area contributed by atoms with E-state index in [0.29, 0.717) is 0 Å². The van der Waals surface area contributed by atoms with Gasteiger partial charge in [-0.3, -0.25) is 0 Å². The fourth-order valence-corrected chi connectivity index (χ4v) is 2.14. The summed E-state index contributed by atoms with van der Waals surface area (Å²) in [6.07, 6.45) is 0. The molecule has 0 amide bonds. The van der Waals surface area contributed by atoms with Gasteiger partial charge in [-0.05, 0) is 39.0 Å². The summed E-state index contributed by atoms with van der Waals surface area (Å²) in [7, 11) is 0.